The molecule has 1 atom stereocenters. The zero-order valence-electron chi connectivity index (χ0n) is 14.4. The fourth-order valence-electron chi connectivity index (χ4n) is 2.86. The fraction of sp³-hybridized carbons (Fsp3) is 0.182. The average molecular weight is 365 g/mol. The Hall–Kier alpha value is -2.65. The van der Waals surface area contributed by atoms with Crippen molar-refractivity contribution in [3.8, 4) is 0 Å². The molecule has 0 aliphatic heterocycles. The summed E-state index contributed by atoms with van der Waals surface area (Å²) in [6.07, 6.45) is 3.86. The molecular formula is C22H21ClN2O. The average Bonchev–Trinajstić information content (AvgIpc) is 2.69. The van der Waals surface area contributed by atoms with Crippen molar-refractivity contribution < 1.29 is 4.79 Å². The van der Waals surface area contributed by atoms with Crippen LogP contribution in [0.3, 0.4) is 0 Å². The highest BCUT2D eigenvalue weighted by Crippen LogP contribution is 2.20. The number of nitrogens with zero attached hydrogens (tertiary/aromatic N) is 1. The van der Waals surface area contributed by atoms with Gasteiger partial charge in [0.05, 0.1) is 11.7 Å². The summed E-state index contributed by atoms with van der Waals surface area (Å²) in [5.41, 5.74) is 3.05. The molecule has 26 heavy (non-hydrogen) atoms. The van der Waals surface area contributed by atoms with Gasteiger partial charge in [0.15, 0.2) is 0 Å². The van der Waals surface area contributed by atoms with Crippen LogP contribution in [0.1, 0.15) is 35.7 Å². The van der Waals surface area contributed by atoms with Crippen molar-refractivity contribution in [3.63, 3.8) is 0 Å². The van der Waals surface area contributed by atoms with Gasteiger partial charge in [-0.05, 0) is 48.2 Å². The highest BCUT2D eigenvalue weighted by atomic mass is 35.5. The van der Waals surface area contributed by atoms with Gasteiger partial charge in [-0.25, -0.2) is 0 Å². The molecule has 3 nitrogen and oxygen atoms in total. The van der Waals surface area contributed by atoms with E-state index in [4.69, 9.17) is 11.6 Å². The lowest BCUT2D eigenvalue weighted by molar-refractivity contribution is -0.121. The summed E-state index contributed by atoms with van der Waals surface area (Å²) in [6.45, 7) is 0. The Kier molecular flexibility index (Phi) is 6.39. The van der Waals surface area contributed by atoms with Crippen LogP contribution in [0.2, 0.25) is 5.02 Å². The monoisotopic (exact) mass is 364 g/mol. The summed E-state index contributed by atoms with van der Waals surface area (Å²) in [7, 11) is 0. The molecule has 0 spiro atoms. The Morgan fingerprint density at radius 1 is 0.962 bits per heavy atom. The second-order valence-corrected chi connectivity index (χ2v) is 6.58. The number of halogens is 1. The Morgan fingerprint density at radius 3 is 2.38 bits per heavy atom. The van der Waals surface area contributed by atoms with Crippen LogP contribution in [0, 0.1) is 0 Å². The maximum Gasteiger partial charge on any atom is 0.220 e. The predicted molar refractivity (Wildman–Crippen MR) is 105 cm³/mol. The molecule has 3 rings (SSSR count). The van der Waals surface area contributed by atoms with Crippen LogP contribution in [-0.4, -0.2) is 10.9 Å². The smallest absolute Gasteiger partial charge is 0.220 e. The van der Waals surface area contributed by atoms with Crippen molar-refractivity contribution in [2.45, 2.75) is 25.3 Å². The summed E-state index contributed by atoms with van der Waals surface area (Å²) in [5.74, 6) is 0.0264. The quantitative estimate of drug-likeness (QED) is 0.643. The third-order valence-corrected chi connectivity index (χ3v) is 4.46. The second kappa shape index (κ2) is 9.16. The summed E-state index contributed by atoms with van der Waals surface area (Å²) in [4.78, 5) is 16.9. The minimum absolute atomic E-state index is 0.0264. The molecule has 0 bridgehead atoms. The molecule has 4 heteroatoms. The summed E-state index contributed by atoms with van der Waals surface area (Å²) >= 11 is 5.90. The number of nitrogens with one attached hydrogen (secondary N) is 1. The SMILES string of the molecule is O=C(CCCc1ccc(Cl)cc1)N[C@@H](c1ccccc1)c1ccccn1. The van der Waals surface area contributed by atoms with Gasteiger partial charge in [0.1, 0.15) is 0 Å². The van der Waals surface area contributed by atoms with Crippen molar-refractivity contribution in [3.05, 3.63) is 101 Å². The Balaban J connectivity index is 1.61. The largest absolute Gasteiger partial charge is 0.344 e. The van der Waals surface area contributed by atoms with E-state index >= 15 is 0 Å². The number of carbonyl (C=O) groups is 1. The molecule has 1 aromatic heterocycles. The van der Waals surface area contributed by atoms with E-state index in [1.807, 2.05) is 72.8 Å². The van der Waals surface area contributed by atoms with Crippen molar-refractivity contribution in [2.75, 3.05) is 0 Å². The van der Waals surface area contributed by atoms with Crippen LogP contribution in [0.4, 0.5) is 0 Å². The van der Waals surface area contributed by atoms with Gasteiger partial charge < -0.3 is 5.32 Å². The van der Waals surface area contributed by atoms with Gasteiger partial charge in [-0.3, -0.25) is 9.78 Å². The van der Waals surface area contributed by atoms with Crippen molar-refractivity contribution in [1.82, 2.24) is 10.3 Å². The van der Waals surface area contributed by atoms with Crippen LogP contribution in [0.5, 0.6) is 0 Å². The van der Waals surface area contributed by atoms with Gasteiger partial charge >= 0.3 is 0 Å². The highest BCUT2D eigenvalue weighted by molar-refractivity contribution is 6.30. The highest BCUT2D eigenvalue weighted by Gasteiger charge is 2.17. The van der Waals surface area contributed by atoms with Gasteiger partial charge in [0.25, 0.3) is 0 Å². The lowest BCUT2D eigenvalue weighted by Crippen LogP contribution is -2.29. The summed E-state index contributed by atoms with van der Waals surface area (Å²) < 4.78 is 0. The maximum atomic E-state index is 12.5. The first-order valence-electron chi connectivity index (χ1n) is 8.72. The molecule has 1 N–H and O–H groups in total. The second-order valence-electron chi connectivity index (χ2n) is 6.15. The van der Waals surface area contributed by atoms with Crippen molar-refractivity contribution in [1.29, 1.82) is 0 Å². The number of pyridine rings is 1. The van der Waals surface area contributed by atoms with Gasteiger partial charge in [0.2, 0.25) is 5.91 Å². The number of amides is 1. The molecule has 0 aliphatic rings. The van der Waals surface area contributed by atoms with Crippen LogP contribution in [0.25, 0.3) is 0 Å². The summed E-state index contributed by atoms with van der Waals surface area (Å²) in [6, 6.07) is 23.2. The van der Waals surface area contributed by atoms with Crippen LogP contribution < -0.4 is 5.32 Å². The van der Waals surface area contributed by atoms with Crippen LogP contribution >= 0.6 is 11.6 Å². The van der Waals surface area contributed by atoms with E-state index in [9.17, 15) is 4.79 Å². The molecule has 3 aromatic rings. The van der Waals surface area contributed by atoms with Crippen LogP contribution in [0.15, 0.2) is 79.0 Å². The standard InChI is InChI=1S/C22H21ClN2O/c23-19-14-12-17(13-15-19)7-6-11-21(26)25-22(18-8-2-1-3-9-18)20-10-4-5-16-24-20/h1-5,8-10,12-16,22H,6-7,11H2,(H,25,26)/t22-/m0/s1. The fourth-order valence-corrected chi connectivity index (χ4v) is 2.98. The summed E-state index contributed by atoms with van der Waals surface area (Å²) in [5, 5.41) is 3.85. The molecule has 0 radical (unpaired) electrons. The number of rotatable bonds is 7. The van der Waals surface area contributed by atoms with E-state index < -0.39 is 0 Å². The number of hydrogen-bond donors (Lipinski definition) is 1. The molecule has 0 aliphatic carbocycles. The van der Waals surface area contributed by atoms with Crippen LogP contribution in [-0.2, 0) is 11.2 Å². The number of benzene rings is 2. The lowest BCUT2D eigenvalue weighted by Gasteiger charge is -2.19. The molecule has 1 heterocycles. The van der Waals surface area contributed by atoms with E-state index in [0.29, 0.717) is 6.42 Å². The Labute approximate surface area is 159 Å². The third kappa shape index (κ3) is 5.17. The minimum Gasteiger partial charge on any atom is -0.344 e. The molecule has 1 amide bonds. The number of hydrogen-bond acceptors (Lipinski definition) is 2. The van der Waals surface area contributed by atoms with E-state index in [-0.39, 0.29) is 11.9 Å². The first-order chi connectivity index (χ1) is 12.7. The normalized spacial score (nSPS) is 11.7. The van der Waals surface area contributed by atoms with Gasteiger partial charge in [-0.2, -0.15) is 0 Å². The topological polar surface area (TPSA) is 42.0 Å². The van der Waals surface area contributed by atoms with Gasteiger partial charge in [-0.15, -0.1) is 0 Å². The van der Waals surface area contributed by atoms with Gasteiger partial charge in [-0.1, -0.05) is 60.1 Å². The minimum atomic E-state index is -0.236. The third-order valence-electron chi connectivity index (χ3n) is 4.20. The molecule has 0 unspecified atom stereocenters. The maximum absolute atomic E-state index is 12.5. The zero-order chi connectivity index (χ0) is 18.2. The molecule has 0 saturated heterocycles. The first kappa shape index (κ1) is 18.2. The van der Waals surface area contributed by atoms with E-state index in [2.05, 4.69) is 10.3 Å². The first-order valence-corrected chi connectivity index (χ1v) is 9.10. The molecule has 0 saturated carbocycles. The number of aryl methyl sites for hydroxylation is 1. The van der Waals surface area contributed by atoms with E-state index in [1.165, 1.54) is 5.56 Å². The predicted octanol–water partition coefficient (Wildman–Crippen LogP) is 4.96. The van der Waals surface area contributed by atoms with Gasteiger partial charge in [0, 0.05) is 17.6 Å². The molecule has 0 fully saturated rings. The van der Waals surface area contributed by atoms with Crippen molar-refractivity contribution in [2.24, 2.45) is 0 Å². The molecule has 2 aromatic carbocycles. The van der Waals surface area contributed by atoms with E-state index in [1.54, 1.807) is 6.20 Å². The number of carbonyl (C=O) groups excluding carboxylic acids is 1. The molecule has 132 valence electrons. The van der Waals surface area contributed by atoms with Crippen molar-refractivity contribution >= 4 is 17.5 Å². The number of aromatic nitrogens is 1. The Bertz CT molecular complexity index is 780. The molecular weight excluding hydrogens is 344 g/mol. The van der Waals surface area contributed by atoms with E-state index in [0.717, 1.165) is 29.1 Å². The Morgan fingerprint density at radius 2 is 1.69 bits per heavy atom. The zero-order valence-corrected chi connectivity index (χ0v) is 15.2. The lowest BCUT2D eigenvalue weighted by atomic mass is 10.0.